The SMILES string of the molecule is O=C(COc1ccccc1F)N(Cc1ccccn1)c1nc2c(Cl)cccc2s1. The first-order chi connectivity index (χ1) is 14.1. The molecule has 0 N–H and O–H groups in total. The molecule has 0 spiro atoms. The Kier molecular flexibility index (Phi) is 5.69. The molecule has 0 aliphatic heterocycles. The lowest BCUT2D eigenvalue weighted by Crippen LogP contribution is -2.34. The number of hydrogen-bond donors (Lipinski definition) is 0. The minimum Gasteiger partial charge on any atom is -0.481 e. The number of rotatable bonds is 6. The van der Waals surface area contributed by atoms with Gasteiger partial charge < -0.3 is 4.74 Å². The molecule has 146 valence electrons. The van der Waals surface area contributed by atoms with E-state index in [0.717, 1.165) is 4.70 Å². The van der Waals surface area contributed by atoms with Crippen LogP contribution >= 0.6 is 22.9 Å². The molecule has 2 aromatic carbocycles. The van der Waals surface area contributed by atoms with Crippen LogP contribution < -0.4 is 9.64 Å². The molecule has 5 nitrogen and oxygen atoms in total. The van der Waals surface area contributed by atoms with E-state index in [1.807, 2.05) is 24.3 Å². The van der Waals surface area contributed by atoms with E-state index in [4.69, 9.17) is 16.3 Å². The van der Waals surface area contributed by atoms with Gasteiger partial charge in [-0.05, 0) is 36.4 Å². The van der Waals surface area contributed by atoms with Crippen molar-refractivity contribution in [1.82, 2.24) is 9.97 Å². The Balaban J connectivity index is 1.63. The molecule has 2 heterocycles. The Bertz CT molecular complexity index is 1150. The molecule has 0 atom stereocenters. The molecule has 2 aromatic heterocycles. The standard InChI is InChI=1S/C21H15ClFN3O2S/c22-15-7-5-10-18-20(15)25-21(29-18)26(12-14-6-3-4-11-24-14)19(27)13-28-17-9-2-1-8-16(17)23/h1-11H,12-13H2. The minimum atomic E-state index is -0.525. The van der Waals surface area contributed by atoms with Gasteiger partial charge in [0.15, 0.2) is 23.3 Å². The summed E-state index contributed by atoms with van der Waals surface area (Å²) in [5.74, 6) is -0.872. The molecule has 0 radical (unpaired) electrons. The van der Waals surface area contributed by atoms with Gasteiger partial charge >= 0.3 is 0 Å². The summed E-state index contributed by atoms with van der Waals surface area (Å²) < 4.78 is 20.1. The fourth-order valence-corrected chi connectivity index (χ4v) is 4.00. The van der Waals surface area contributed by atoms with E-state index >= 15 is 0 Å². The number of carbonyl (C=O) groups is 1. The molecule has 8 heteroatoms. The summed E-state index contributed by atoms with van der Waals surface area (Å²) >= 11 is 7.58. The summed E-state index contributed by atoms with van der Waals surface area (Å²) in [6.45, 7) is -0.130. The van der Waals surface area contributed by atoms with Crippen LogP contribution in [0.1, 0.15) is 5.69 Å². The Hall–Kier alpha value is -3.03. The molecule has 0 saturated heterocycles. The average molecular weight is 428 g/mol. The smallest absolute Gasteiger partial charge is 0.267 e. The third-order valence-corrected chi connectivity index (χ3v) is 5.47. The number of ether oxygens (including phenoxy) is 1. The highest BCUT2D eigenvalue weighted by atomic mass is 35.5. The van der Waals surface area contributed by atoms with Gasteiger partial charge in [0, 0.05) is 6.20 Å². The number of nitrogens with zero attached hydrogens (tertiary/aromatic N) is 3. The normalized spacial score (nSPS) is 10.8. The average Bonchev–Trinajstić information content (AvgIpc) is 3.17. The van der Waals surface area contributed by atoms with Crippen LogP contribution in [0.25, 0.3) is 10.2 Å². The van der Waals surface area contributed by atoms with Gasteiger partial charge in [-0.1, -0.05) is 47.2 Å². The van der Waals surface area contributed by atoms with Gasteiger partial charge in [-0.3, -0.25) is 14.7 Å². The van der Waals surface area contributed by atoms with Crippen LogP contribution in [0.5, 0.6) is 5.75 Å². The van der Waals surface area contributed by atoms with Gasteiger partial charge in [-0.15, -0.1) is 0 Å². The van der Waals surface area contributed by atoms with Gasteiger partial charge in [0.05, 0.1) is 22.0 Å². The first-order valence-corrected chi connectivity index (χ1v) is 9.94. The summed E-state index contributed by atoms with van der Waals surface area (Å²) in [6, 6.07) is 16.9. The summed E-state index contributed by atoms with van der Waals surface area (Å²) in [7, 11) is 0. The number of amides is 1. The van der Waals surface area contributed by atoms with E-state index in [2.05, 4.69) is 9.97 Å². The topological polar surface area (TPSA) is 55.3 Å². The second-order valence-corrected chi connectivity index (χ2v) is 7.52. The largest absolute Gasteiger partial charge is 0.481 e. The van der Waals surface area contributed by atoms with Crippen LogP contribution in [0.2, 0.25) is 5.02 Å². The number of pyridine rings is 1. The molecule has 4 aromatic rings. The Labute approximate surface area is 175 Å². The zero-order valence-corrected chi connectivity index (χ0v) is 16.7. The van der Waals surface area contributed by atoms with Gasteiger partial charge in [-0.25, -0.2) is 9.37 Å². The molecule has 29 heavy (non-hydrogen) atoms. The van der Waals surface area contributed by atoms with E-state index in [1.54, 1.807) is 30.5 Å². The predicted octanol–water partition coefficient (Wildman–Crippen LogP) is 5.10. The summed E-state index contributed by atoms with van der Waals surface area (Å²) in [6.07, 6.45) is 1.66. The molecule has 0 saturated carbocycles. The van der Waals surface area contributed by atoms with Crippen molar-refractivity contribution in [1.29, 1.82) is 0 Å². The van der Waals surface area contributed by atoms with Crippen molar-refractivity contribution in [2.24, 2.45) is 0 Å². The fourth-order valence-electron chi connectivity index (χ4n) is 2.71. The zero-order valence-electron chi connectivity index (χ0n) is 15.1. The highest BCUT2D eigenvalue weighted by Crippen LogP contribution is 2.33. The monoisotopic (exact) mass is 427 g/mol. The number of hydrogen-bond acceptors (Lipinski definition) is 5. The van der Waals surface area contributed by atoms with Gasteiger partial charge in [-0.2, -0.15) is 0 Å². The van der Waals surface area contributed by atoms with E-state index in [1.165, 1.54) is 28.4 Å². The van der Waals surface area contributed by atoms with E-state index < -0.39 is 5.82 Å². The second-order valence-electron chi connectivity index (χ2n) is 6.10. The van der Waals surface area contributed by atoms with Crippen molar-refractivity contribution in [2.45, 2.75) is 6.54 Å². The van der Waals surface area contributed by atoms with E-state index in [-0.39, 0.29) is 24.8 Å². The number of para-hydroxylation sites is 2. The Morgan fingerprint density at radius 3 is 2.69 bits per heavy atom. The maximum Gasteiger partial charge on any atom is 0.267 e. The van der Waals surface area contributed by atoms with Crippen LogP contribution in [0, 0.1) is 5.82 Å². The van der Waals surface area contributed by atoms with Crippen molar-refractivity contribution >= 4 is 44.2 Å². The first-order valence-electron chi connectivity index (χ1n) is 8.74. The van der Waals surface area contributed by atoms with E-state index in [0.29, 0.717) is 21.4 Å². The van der Waals surface area contributed by atoms with Crippen molar-refractivity contribution in [3.8, 4) is 5.75 Å². The summed E-state index contributed by atoms with van der Waals surface area (Å²) in [5, 5.41) is 0.985. The van der Waals surface area contributed by atoms with Crippen LogP contribution in [0.15, 0.2) is 66.9 Å². The third-order valence-electron chi connectivity index (χ3n) is 4.12. The Morgan fingerprint density at radius 1 is 1.10 bits per heavy atom. The minimum absolute atomic E-state index is 0.0194. The van der Waals surface area contributed by atoms with Crippen molar-refractivity contribution in [3.63, 3.8) is 0 Å². The van der Waals surface area contributed by atoms with Crippen LogP contribution in [0.4, 0.5) is 9.52 Å². The number of anilines is 1. The molecular weight excluding hydrogens is 413 g/mol. The van der Waals surface area contributed by atoms with Crippen molar-refractivity contribution in [2.75, 3.05) is 11.5 Å². The van der Waals surface area contributed by atoms with E-state index in [9.17, 15) is 9.18 Å². The molecular formula is C21H15ClFN3O2S. The molecule has 0 unspecified atom stereocenters. The van der Waals surface area contributed by atoms with Crippen LogP contribution in [-0.4, -0.2) is 22.5 Å². The molecule has 0 fully saturated rings. The van der Waals surface area contributed by atoms with Crippen molar-refractivity contribution in [3.05, 3.63) is 83.4 Å². The Morgan fingerprint density at radius 2 is 1.93 bits per heavy atom. The summed E-state index contributed by atoms with van der Waals surface area (Å²) in [4.78, 5) is 23.3. The summed E-state index contributed by atoms with van der Waals surface area (Å²) in [5.41, 5.74) is 1.32. The highest BCUT2D eigenvalue weighted by molar-refractivity contribution is 7.22. The molecule has 0 bridgehead atoms. The van der Waals surface area contributed by atoms with Gasteiger partial charge in [0.2, 0.25) is 0 Å². The molecule has 1 amide bonds. The van der Waals surface area contributed by atoms with Crippen molar-refractivity contribution < 1.29 is 13.9 Å². The van der Waals surface area contributed by atoms with Crippen LogP contribution in [-0.2, 0) is 11.3 Å². The van der Waals surface area contributed by atoms with Gasteiger partial charge in [0.1, 0.15) is 5.52 Å². The maximum atomic E-state index is 13.8. The lowest BCUT2D eigenvalue weighted by molar-refractivity contribution is -0.120. The zero-order chi connectivity index (χ0) is 20.2. The molecule has 0 aliphatic carbocycles. The van der Waals surface area contributed by atoms with Crippen LogP contribution in [0.3, 0.4) is 0 Å². The van der Waals surface area contributed by atoms with Gasteiger partial charge in [0.25, 0.3) is 5.91 Å². The number of fused-ring (bicyclic) bond motifs is 1. The molecule has 4 rings (SSSR count). The quantitative estimate of drug-likeness (QED) is 0.429. The number of thiazole rings is 1. The number of carbonyl (C=O) groups excluding carboxylic acids is 1. The number of aromatic nitrogens is 2. The molecule has 0 aliphatic rings. The maximum absolute atomic E-state index is 13.8. The number of benzene rings is 2. The predicted molar refractivity (Wildman–Crippen MR) is 112 cm³/mol. The lowest BCUT2D eigenvalue weighted by atomic mass is 10.3. The first kappa shape index (κ1) is 19.3. The third kappa shape index (κ3) is 4.36. The number of halogens is 2. The highest BCUT2D eigenvalue weighted by Gasteiger charge is 2.22. The lowest BCUT2D eigenvalue weighted by Gasteiger charge is -2.19. The fraction of sp³-hybridized carbons (Fsp3) is 0.0952. The second kappa shape index (κ2) is 8.55.